The molecule has 4 rings (SSSR count). The van der Waals surface area contributed by atoms with Gasteiger partial charge in [0, 0.05) is 18.5 Å². The summed E-state index contributed by atoms with van der Waals surface area (Å²) in [6, 6.07) is 14.4. The molecule has 1 aliphatic carbocycles. The van der Waals surface area contributed by atoms with Gasteiger partial charge in [-0.3, -0.25) is 9.59 Å². The molecule has 1 saturated carbocycles. The van der Waals surface area contributed by atoms with Gasteiger partial charge in [-0.25, -0.2) is 0 Å². The van der Waals surface area contributed by atoms with Crippen LogP contribution in [-0.2, 0) is 15.0 Å². The molecule has 1 aromatic heterocycles. The molecule has 6 nitrogen and oxygen atoms in total. The van der Waals surface area contributed by atoms with Crippen molar-refractivity contribution < 1.29 is 14.0 Å². The van der Waals surface area contributed by atoms with Crippen LogP contribution in [0.1, 0.15) is 30.1 Å². The summed E-state index contributed by atoms with van der Waals surface area (Å²) in [4.78, 5) is 25.6. The number of benzene rings is 1. The molecule has 1 aliphatic heterocycles. The van der Waals surface area contributed by atoms with Crippen molar-refractivity contribution in [2.24, 2.45) is 5.41 Å². The van der Waals surface area contributed by atoms with Crippen molar-refractivity contribution in [1.29, 1.82) is 10.5 Å². The van der Waals surface area contributed by atoms with E-state index >= 15 is 0 Å². The Bertz CT molecular complexity index is 951. The number of para-hydroxylation sites is 1. The second kappa shape index (κ2) is 5.06. The van der Waals surface area contributed by atoms with Crippen molar-refractivity contribution in [2.45, 2.75) is 24.2 Å². The monoisotopic (exact) mass is 331 g/mol. The van der Waals surface area contributed by atoms with E-state index in [0.717, 1.165) is 0 Å². The number of fused-ring (bicyclic) bond motifs is 2. The Morgan fingerprint density at radius 2 is 1.88 bits per heavy atom. The molecule has 1 spiro atoms. The summed E-state index contributed by atoms with van der Waals surface area (Å²) in [7, 11) is 0. The first-order chi connectivity index (χ1) is 12.1. The van der Waals surface area contributed by atoms with Gasteiger partial charge in [-0.05, 0) is 23.8 Å². The van der Waals surface area contributed by atoms with Crippen LogP contribution in [0.3, 0.4) is 0 Å². The normalized spacial score (nSPS) is 26.6. The third-order valence-corrected chi connectivity index (χ3v) is 5.35. The Morgan fingerprint density at radius 1 is 1.12 bits per heavy atom. The SMILES string of the molecule is N#CC1(C#N)[C@@H](c2ccco2)CC(=O)C[C@@]12C(=O)Nc1ccccc12. The second-order valence-corrected chi connectivity index (χ2v) is 6.42. The number of hydrogen-bond acceptors (Lipinski definition) is 5. The Labute approximate surface area is 143 Å². The number of rotatable bonds is 1. The van der Waals surface area contributed by atoms with Gasteiger partial charge in [-0.15, -0.1) is 0 Å². The van der Waals surface area contributed by atoms with Crippen molar-refractivity contribution in [3.05, 3.63) is 54.0 Å². The number of nitrogens with one attached hydrogen (secondary N) is 1. The van der Waals surface area contributed by atoms with Crippen LogP contribution < -0.4 is 5.32 Å². The molecule has 2 atom stereocenters. The summed E-state index contributed by atoms with van der Waals surface area (Å²) in [5.41, 5.74) is -2.22. The average molecular weight is 331 g/mol. The predicted octanol–water partition coefficient (Wildman–Crippen LogP) is 2.65. The van der Waals surface area contributed by atoms with Gasteiger partial charge in [0.25, 0.3) is 0 Å². The summed E-state index contributed by atoms with van der Waals surface area (Å²) in [6.07, 6.45) is 1.25. The summed E-state index contributed by atoms with van der Waals surface area (Å²) in [6.45, 7) is 0. The molecule has 0 bridgehead atoms. The van der Waals surface area contributed by atoms with E-state index < -0.39 is 22.7 Å². The number of hydrogen-bond donors (Lipinski definition) is 1. The Hall–Kier alpha value is -3.38. The van der Waals surface area contributed by atoms with Crippen LogP contribution in [0.5, 0.6) is 0 Å². The van der Waals surface area contributed by atoms with Crippen LogP contribution >= 0.6 is 0 Å². The number of Topliss-reactive ketones (excluding diaryl/α,β-unsaturated/α-hetero) is 1. The fraction of sp³-hybridized carbons (Fsp3) is 0.263. The van der Waals surface area contributed by atoms with Gasteiger partial charge in [-0.2, -0.15) is 10.5 Å². The molecule has 122 valence electrons. The van der Waals surface area contributed by atoms with E-state index in [4.69, 9.17) is 4.42 Å². The minimum absolute atomic E-state index is 0.00810. The van der Waals surface area contributed by atoms with E-state index in [0.29, 0.717) is 17.0 Å². The average Bonchev–Trinajstić information content (AvgIpc) is 3.24. The van der Waals surface area contributed by atoms with Crippen molar-refractivity contribution >= 4 is 17.4 Å². The molecule has 1 fully saturated rings. The van der Waals surface area contributed by atoms with Gasteiger partial charge in [-0.1, -0.05) is 18.2 Å². The summed E-state index contributed by atoms with van der Waals surface area (Å²) in [5.74, 6) is -1.10. The minimum atomic E-state index is -1.74. The highest BCUT2D eigenvalue weighted by Crippen LogP contribution is 2.60. The first kappa shape index (κ1) is 15.2. The molecule has 1 N–H and O–H groups in total. The Balaban J connectivity index is 2.05. The van der Waals surface area contributed by atoms with Gasteiger partial charge in [0.2, 0.25) is 5.91 Å². The molecule has 25 heavy (non-hydrogen) atoms. The van der Waals surface area contributed by atoms with E-state index in [1.165, 1.54) is 6.26 Å². The number of ketones is 1. The first-order valence-corrected chi connectivity index (χ1v) is 7.87. The van der Waals surface area contributed by atoms with Crippen molar-refractivity contribution in [2.75, 3.05) is 5.32 Å². The number of nitrogens with zero attached hydrogens (tertiary/aromatic N) is 2. The van der Waals surface area contributed by atoms with Gasteiger partial charge in [0.15, 0.2) is 5.41 Å². The third-order valence-electron chi connectivity index (χ3n) is 5.35. The smallest absolute Gasteiger partial charge is 0.238 e. The molecule has 0 radical (unpaired) electrons. The molecule has 0 unspecified atom stereocenters. The highest BCUT2D eigenvalue weighted by Gasteiger charge is 2.69. The zero-order valence-corrected chi connectivity index (χ0v) is 13.2. The maximum Gasteiger partial charge on any atom is 0.238 e. The highest BCUT2D eigenvalue weighted by molar-refractivity contribution is 6.11. The number of carbonyl (C=O) groups is 2. The predicted molar refractivity (Wildman–Crippen MR) is 86.1 cm³/mol. The zero-order valence-electron chi connectivity index (χ0n) is 13.2. The standard InChI is InChI=1S/C19H13N3O3/c20-10-18(11-21)14(16-6-3-7-25-16)8-12(23)9-19(18)13-4-1-2-5-15(13)22-17(19)24/h1-7,14H,8-9H2,(H,22,24)/t14-,19-/m1/s1. The van der Waals surface area contributed by atoms with Crippen LogP contribution in [0.2, 0.25) is 0 Å². The fourth-order valence-electron chi connectivity index (χ4n) is 4.24. The molecule has 6 heteroatoms. The van der Waals surface area contributed by atoms with E-state index in [1.54, 1.807) is 36.4 Å². The van der Waals surface area contributed by atoms with Crippen LogP contribution in [0.15, 0.2) is 47.1 Å². The number of carbonyl (C=O) groups excluding carboxylic acids is 2. The molecule has 1 amide bonds. The quantitative estimate of drug-likeness (QED) is 0.864. The van der Waals surface area contributed by atoms with Crippen molar-refractivity contribution in [3.63, 3.8) is 0 Å². The Morgan fingerprint density at radius 3 is 2.56 bits per heavy atom. The molecule has 0 saturated heterocycles. The molecule has 2 aromatic rings. The van der Waals surface area contributed by atoms with E-state index in [1.807, 2.05) is 0 Å². The lowest BCUT2D eigenvalue weighted by Crippen LogP contribution is -2.56. The maximum atomic E-state index is 13.0. The minimum Gasteiger partial charge on any atom is -0.469 e. The van der Waals surface area contributed by atoms with Crippen molar-refractivity contribution in [3.8, 4) is 12.1 Å². The number of nitriles is 2. The molecular weight excluding hydrogens is 318 g/mol. The molecular formula is C19H13N3O3. The Kier molecular flexibility index (Phi) is 3.07. The number of amides is 1. The van der Waals surface area contributed by atoms with Crippen molar-refractivity contribution in [1.82, 2.24) is 0 Å². The molecule has 2 aliphatic rings. The third kappa shape index (κ3) is 1.71. The number of furan rings is 1. The zero-order chi connectivity index (χ0) is 17.7. The molecule has 1 aromatic carbocycles. The van der Waals surface area contributed by atoms with Crippen LogP contribution in [0.4, 0.5) is 5.69 Å². The number of anilines is 1. The van der Waals surface area contributed by atoms with Crippen LogP contribution in [-0.4, -0.2) is 11.7 Å². The lowest BCUT2D eigenvalue weighted by atomic mass is 9.50. The lowest BCUT2D eigenvalue weighted by molar-refractivity contribution is -0.134. The second-order valence-electron chi connectivity index (χ2n) is 6.42. The van der Waals surface area contributed by atoms with Gasteiger partial charge >= 0.3 is 0 Å². The topological polar surface area (TPSA) is 107 Å². The molecule has 2 heterocycles. The first-order valence-electron chi connectivity index (χ1n) is 7.87. The van der Waals surface area contributed by atoms with E-state index in [-0.39, 0.29) is 18.6 Å². The largest absolute Gasteiger partial charge is 0.469 e. The van der Waals surface area contributed by atoms with Gasteiger partial charge < -0.3 is 9.73 Å². The van der Waals surface area contributed by atoms with E-state index in [9.17, 15) is 20.1 Å². The lowest BCUT2D eigenvalue weighted by Gasteiger charge is -2.45. The van der Waals surface area contributed by atoms with Gasteiger partial charge in [0.1, 0.15) is 17.0 Å². The van der Waals surface area contributed by atoms with E-state index in [2.05, 4.69) is 17.5 Å². The van der Waals surface area contributed by atoms with Gasteiger partial charge in [0.05, 0.1) is 24.3 Å². The summed E-state index contributed by atoms with van der Waals surface area (Å²) >= 11 is 0. The highest BCUT2D eigenvalue weighted by atomic mass is 16.3. The maximum absolute atomic E-state index is 13.0. The summed E-state index contributed by atoms with van der Waals surface area (Å²) < 4.78 is 5.42. The summed E-state index contributed by atoms with van der Waals surface area (Å²) in [5, 5.41) is 22.9. The van der Waals surface area contributed by atoms with Crippen LogP contribution in [0, 0.1) is 28.1 Å². The fourth-order valence-corrected chi connectivity index (χ4v) is 4.24. The van der Waals surface area contributed by atoms with Crippen LogP contribution in [0.25, 0.3) is 0 Å².